The fraction of sp³-hybridized carbons (Fsp3) is 0.143. The lowest BCUT2D eigenvalue weighted by molar-refractivity contribution is -0.547. The molecule has 0 saturated carbocycles. The first-order chi connectivity index (χ1) is 12.1. The van der Waals surface area contributed by atoms with E-state index in [1.54, 1.807) is 0 Å². The minimum absolute atomic E-state index is 0.0442. The number of likely N-dealkylation sites (N-methyl/N-ethyl adjacent to an activating group) is 1. The van der Waals surface area contributed by atoms with Crippen LogP contribution in [-0.2, 0) is 0 Å². The Kier molecular flexibility index (Phi) is 4.14. The van der Waals surface area contributed by atoms with Gasteiger partial charge in [-0.1, -0.05) is 58.4 Å². The van der Waals surface area contributed by atoms with Gasteiger partial charge in [0.2, 0.25) is 6.04 Å². The summed E-state index contributed by atoms with van der Waals surface area (Å²) in [4.78, 5) is 13.4. The Labute approximate surface area is 155 Å². The summed E-state index contributed by atoms with van der Waals surface area (Å²) in [5, 5.41) is 0. The third-order valence-electron chi connectivity index (χ3n) is 4.72. The van der Waals surface area contributed by atoms with Crippen molar-refractivity contribution < 1.29 is 9.37 Å². The molecule has 0 bridgehead atoms. The van der Waals surface area contributed by atoms with Crippen molar-refractivity contribution >= 4 is 27.9 Å². The van der Waals surface area contributed by atoms with Crippen LogP contribution in [0.5, 0.6) is 0 Å². The van der Waals surface area contributed by atoms with Gasteiger partial charge < -0.3 is 4.57 Å². The Hall–Kier alpha value is -2.46. The first-order valence-corrected chi connectivity index (χ1v) is 9.03. The van der Waals surface area contributed by atoms with Crippen LogP contribution in [0, 0.1) is 0 Å². The van der Waals surface area contributed by atoms with Crippen LogP contribution in [0.4, 0.5) is 0 Å². The maximum Gasteiger partial charge on any atom is 0.205 e. The summed E-state index contributed by atoms with van der Waals surface area (Å²) in [5.41, 5.74) is 2.91. The van der Waals surface area contributed by atoms with Crippen LogP contribution in [0.3, 0.4) is 0 Å². The molecule has 2 atom stereocenters. The van der Waals surface area contributed by atoms with E-state index in [4.69, 9.17) is 0 Å². The largest absolute Gasteiger partial charge is 0.326 e. The van der Waals surface area contributed by atoms with Crippen LogP contribution in [0.15, 0.2) is 77.4 Å². The van der Waals surface area contributed by atoms with Crippen molar-refractivity contribution in [2.75, 3.05) is 7.05 Å². The first kappa shape index (κ1) is 16.0. The van der Waals surface area contributed by atoms with Crippen LogP contribution in [0.1, 0.15) is 33.7 Å². The molecule has 0 fully saturated rings. The zero-order valence-corrected chi connectivity index (χ0v) is 15.4. The smallest absolute Gasteiger partial charge is 0.205 e. The predicted octanol–water partition coefficient (Wildman–Crippen LogP) is 4.49. The standard InChI is InChI=1S/C21H18BrN2O/c1-23-14-18-8-5-13-24(18)20(19(23)15-6-3-2-4-7-15)21(25)16-9-11-17(22)12-10-16/h2-14,19-20H,1H3/q+1/t19-,20+/m1/s1. The molecule has 0 amide bonds. The SMILES string of the molecule is C[N+]1=Cc2cccn2[C@H](C(=O)c2ccc(Br)cc2)[C@H]1c1ccccc1. The molecule has 0 spiro atoms. The van der Waals surface area contributed by atoms with E-state index in [1.165, 1.54) is 0 Å². The Morgan fingerprint density at radius 3 is 2.44 bits per heavy atom. The van der Waals surface area contributed by atoms with E-state index in [0.717, 1.165) is 21.3 Å². The molecule has 124 valence electrons. The van der Waals surface area contributed by atoms with Gasteiger partial charge in [0.15, 0.2) is 18.0 Å². The highest BCUT2D eigenvalue weighted by atomic mass is 79.9. The van der Waals surface area contributed by atoms with Crippen molar-refractivity contribution in [3.05, 3.63) is 94.2 Å². The van der Waals surface area contributed by atoms with Crippen molar-refractivity contribution in [1.29, 1.82) is 0 Å². The Bertz CT molecular complexity index is 942. The highest BCUT2D eigenvalue weighted by molar-refractivity contribution is 9.10. The molecule has 3 nitrogen and oxygen atoms in total. The first-order valence-electron chi connectivity index (χ1n) is 8.23. The van der Waals surface area contributed by atoms with Gasteiger partial charge in [0.05, 0.1) is 0 Å². The molecule has 4 rings (SSSR count). The lowest BCUT2D eigenvalue weighted by atomic mass is 9.91. The van der Waals surface area contributed by atoms with Gasteiger partial charge in [0.1, 0.15) is 12.7 Å². The fourth-order valence-corrected chi connectivity index (χ4v) is 3.82. The summed E-state index contributed by atoms with van der Waals surface area (Å²) >= 11 is 3.44. The van der Waals surface area contributed by atoms with E-state index in [2.05, 4.69) is 43.4 Å². The molecule has 4 heteroatoms. The number of halogens is 1. The van der Waals surface area contributed by atoms with E-state index in [-0.39, 0.29) is 17.9 Å². The summed E-state index contributed by atoms with van der Waals surface area (Å²) in [6, 6.07) is 21.5. The fourth-order valence-electron chi connectivity index (χ4n) is 3.56. The van der Waals surface area contributed by atoms with Gasteiger partial charge in [-0.05, 0) is 24.3 Å². The minimum Gasteiger partial charge on any atom is -0.326 e. The Balaban J connectivity index is 1.85. The van der Waals surface area contributed by atoms with Gasteiger partial charge in [-0.2, -0.15) is 0 Å². The molecule has 0 radical (unpaired) electrons. The molecule has 2 heterocycles. The molecule has 3 aromatic rings. The van der Waals surface area contributed by atoms with Crippen LogP contribution in [0.25, 0.3) is 0 Å². The highest BCUT2D eigenvalue weighted by Gasteiger charge is 2.41. The van der Waals surface area contributed by atoms with E-state index < -0.39 is 0 Å². The summed E-state index contributed by atoms with van der Waals surface area (Å²) in [5.74, 6) is 0.124. The number of nitrogens with zero attached hydrogens (tertiary/aromatic N) is 2. The molecule has 0 N–H and O–H groups in total. The summed E-state index contributed by atoms with van der Waals surface area (Å²) in [7, 11) is 2.04. The number of Topliss-reactive ketones (excluding diaryl/α,β-unsaturated/α-hetero) is 1. The van der Waals surface area contributed by atoms with Gasteiger partial charge in [0, 0.05) is 21.8 Å². The number of carbonyl (C=O) groups excluding carboxylic acids is 1. The maximum absolute atomic E-state index is 13.4. The average molecular weight is 394 g/mol. The van der Waals surface area contributed by atoms with E-state index in [0.29, 0.717) is 0 Å². The minimum atomic E-state index is -0.302. The molecule has 0 aliphatic carbocycles. The number of hydrogen-bond acceptors (Lipinski definition) is 1. The molecule has 0 unspecified atom stereocenters. The maximum atomic E-state index is 13.4. The lowest BCUT2D eigenvalue weighted by Crippen LogP contribution is -2.37. The molecular weight excluding hydrogens is 376 g/mol. The van der Waals surface area contributed by atoms with Crippen LogP contribution >= 0.6 is 15.9 Å². The van der Waals surface area contributed by atoms with Crippen molar-refractivity contribution in [1.82, 2.24) is 4.57 Å². The van der Waals surface area contributed by atoms with Crippen molar-refractivity contribution in [3.63, 3.8) is 0 Å². The van der Waals surface area contributed by atoms with Crippen LogP contribution in [-0.4, -0.2) is 28.2 Å². The molecular formula is C21H18BrN2O+. The number of benzene rings is 2. The Morgan fingerprint density at radius 1 is 1.00 bits per heavy atom. The van der Waals surface area contributed by atoms with Crippen LogP contribution < -0.4 is 0 Å². The third kappa shape index (κ3) is 2.87. The number of carbonyl (C=O) groups is 1. The number of ketones is 1. The predicted molar refractivity (Wildman–Crippen MR) is 102 cm³/mol. The quantitative estimate of drug-likeness (QED) is 0.475. The highest BCUT2D eigenvalue weighted by Crippen LogP contribution is 2.35. The molecule has 1 aromatic heterocycles. The Morgan fingerprint density at radius 2 is 1.72 bits per heavy atom. The van der Waals surface area contributed by atoms with E-state index >= 15 is 0 Å². The third-order valence-corrected chi connectivity index (χ3v) is 5.25. The van der Waals surface area contributed by atoms with E-state index in [1.807, 2.05) is 67.8 Å². The normalized spacial score (nSPS) is 19.2. The van der Waals surface area contributed by atoms with Gasteiger partial charge in [-0.3, -0.25) is 4.79 Å². The van der Waals surface area contributed by atoms with Gasteiger partial charge in [-0.15, -0.1) is 0 Å². The van der Waals surface area contributed by atoms with Gasteiger partial charge in [0.25, 0.3) is 0 Å². The molecule has 0 saturated heterocycles. The number of aromatic nitrogens is 1. The second-order valence-corrected chi connectivity index (χ2v) is 7.22. The molecule has 25 heavy (non-hydrogen) atoms. The lowest BCUT2D eigenvalue weighted by Gasteiger charge is -2.29. The van der Waals surface area contributed by atoms with Gasteiger partial charge >= 0.3 is 0 Å². The van der Waals surface area contributed by atoms with Crippen molar-refractivity contribution in [3.8, 4) is 0 Å². The number of rotatable bonds is 3. The van der Waals surface area contributed by atoms with Gasteiger partial charge in [-0.25, -0.2) is 4.58 Å². The zero-order valence-electron chi connectivity index (χ0n) is 13.8. The molecule has 1 aliphatic rings. The zero-order chi connectivity index (χ0) is 17.4. The number of fused-ring (bicyclic) bond motifs is 1. The summed E-state index contributed by atoms with van der Waals surface area (Å²) in [6.07, 6.45) is 4.10. The second kappa shape index (κ2) is 6.45. The summed E-state index contributed by atoms with van der Waals surface area (Å²) in [6.45, 7) is 0. The van der Waals surface area contributed by atoms with Crippen molar-refractivity contribution in [2.45, 2.75) is 12.1 Å². The second-order valence-electron chi connectivity index (χ2n) is 6.31. The van der Waals surface area contributed by atoms with Crippen LogP contribution in [0.2, 0.25) is 0 Å². The summed E-state index contributed by atoms with van der Waals surface area (Å²) < 4.78 is 5.20. The van der Waals surface area contributed by atoms with Crippen molar-refractivity contribution in [2.24, 2.45) is 0 Å². The average Bonchev–Trinajstić information content (AvgIpc) is 3.09. The van der Waals surface area contributed by atoms with E-state index in [9.17, 15) is 4.79 Å². The molecule has 2 aromatic carbocycles. The number of hydrogen-bond donors (Lipinski definition) is 0. The topological polar surface area (TPSA) is 25.0 Å². The molecule has 1 aliphatic heterocycles. The monoisotopic (exact) mass is 393 g/mol.